The van der Waals surface area contributed by atoms with Crippen LogP contribution >= 0.6 is 0 Å². The van der Waals surface area contributed by atoms with Crippen molar-refractivity contribution in [3.63, 3.8) is 0 Å². The Kier molecular flexibility index (Phi) is 2.22. The number of hydrogen-bond donors (Lipinski definition) is 0. The quantitative estimate of drug-likeness (QED) is 0.763. The molecule has 3 heterocycles. The Labute approximate surface area is 106 Å². The van der Waals surface area contributed by atoms with Gasteiger partial charge in [0.25, 0.3) is 0 Å². The average Bonchev–Trinajstić information content (AvgIpc) is 2.73. The van der Waals surface area contributed by atoms with E-state index >= 15 is 0 Å². The van der Waals surface area contributed by atoms with Gasteiger partial charge < -0.3 is 9.64 Å². The van der Waals surface area contributed by atoms with E-state index in [0.717, 1.165) is 31.8 Å². The highest BCUT2D eigenvalue weighted by atomic mass is 16.5. The maximum Gasteiger partial charge on any atom is 0.105 e. The first kappa shape index (κ1) is 10.5. The molecular formula is C14H17N3O. The number of nitrogens with zero attached hydrogens (tertiary/aromatic N) is 3. The number of benzene rings is 1. The molecule has 1 aromatic carbocycles. The zero-order valence-electron chi connectivity index (χ0n) is 10.5. The molecule has 94 valence electrons. The lowest BCUT2D eigenvalue weighted by Crippen LogP contribution is -2.48. The highest BCUT2D eigenvalue weighted by Gasteiger charge is 2.37. The summed E-state index contributed by atoms with van der Waals surface area (Å²) in [7, 11) is 2.16. The molecule has 1 fully saturated rings. The lowest BCUT2D eigenvalue weighted by Gasteiger charge is -2.42. The van der Waals surface area contributed by atoms with Crippen LogP contribution in [0.25, 0.3) is 10.9 Å². The molecule has 0 saturated carbocycles. The van der Waals surface area contributed by atoms with Crippen LogP contribution in [0.4, 0.5) is 0 Å². The van der Waals surface area contributed by atoms with Crippen LogP contribution in [0, 0.1) is 5.92 Å². The molecule has 0 bridgehead atoms. The van der Waals surface area contributed by atoms with Crippen LogP contribution in [0.2, 0.25) is 0 Å². The number of rotatable bonds is 1. The molecule has 1 atom stereocenters. The van der Waals surface area contributed by atoms with E-state index in [2.05, 4.69) is 39.9 Å². The van der Waals surface area contributed by atoms with E-state index in [1.807, 2.05) is 6.07 Å². The van der Waals surface area contributed by atoms with Crippen LogP contribution in [0.3, 0.4) is 0 Å². The highest BCUT2D eigenvalue weighted by Crippen LogP contribution is 2.37. The van der Waals surface area contributed by atoms with Crippen LogP contribution in [0.5, 0.6) is 0 Å². The molecule has 4 nitrogen and oxygen atoms in total. The van der Waals surface area contributed by atoms with Gasteiger partial charge in [-0.15, -0.1) is 0 Å². The van der Waals surface area contributed by atoms with Crippen molar-refractivity contribution in [2.24, 2.45) is 5.92 Å². The first-order valence-electron chi connectivity index (χ1n) is 6.58. The van der Waals surface area contributed by atoms with Gasteiger partial charge in [0.2, 0.25) is 0 Å². The molecule has 0 radical (unpaired) electrons. The third-order valence-electron chi connectivity index (χ3n) is 4.08. The topological polar surface area (TPSA) is 30.3 Å². The number of aromatic nitrogens is 2. The highest BCUT2D eigenvalue weighted by molar-refractivity contribution is 5.82. The van der Waals surface area contributed by atoms with Gasteiger partial charge in [0.1, 0.15) is 6.10 Å². The Morgan fingerprint density at radius 3 is 2.94 bits per heavy atom. The summed E-state index contributed by atoms with van der Waals surface area (Å²) in [5, 5.41) is 5.95. The minimum Gasteiger partial charge on any atom is -0.370 e. The monoisotopic (exact) mass is 243 g/mol. The van der Waals surface area contributed by atoms with Crippen molar-refractivity contribution in [2.75, 3.05) is 26.7 Å². The van der Waals surface area contributed by atoms with Gasteiger partial charge in [0.05, 0.1) is 24.4 Å². The summed E-state index contributed by atoms with van der Waals surface area (Å²) in [6.45, 7) is 3.92. The molecule has 0 spiro atoms. The van der Waals surface area contributed by atoms with Gasteiger partial charge in [-0.05, 0) is 13.1 Å². The molecule has 1 aromatic heterocycles. The molecule has 2 aliphatic rings. The summed E-state index contributed by atoms with van der Waals surface area (Å²) in [6, 6.07) is 8.39. The van der Waals surface area contributed by atoms with Crippen LogP contribution in [-0.2, 0) is 11.3 Å². The minimum atomic E-state index is 0.224. The summed E-state index contributed by atoms with van der Waals surface area (Å²) < 4.78 is 8.19. The normalized spacial score (nSPS) is 25.1. The summed E-state index contributed by atoms with van der Waals surface area (Å²) in [5.74, 6) is 0.620. The fourth-order valence-electron chi connectivity index (χ4n) is 3.21. The summed E-state index contributed by atoms with van der Waals surface area (Å²) in [5.41, 5.74) is 2.38. The number of fused-ring (bicyclic) bond motifs is 3. The lowest BCUT2D eigenvalue weighted by atomic mass is 9.90. The predicted molar refractivity (Wildman–Crippen MR) is 69.4 cm³/mol. The van der Waals surface area contributed by atoms with Crippen LogP contribution in [0.1, 0.15) is 11.8 Å². The summed E-state index contributed by atoms with van der Waals surface area (Å²) in [6.07, 6.45) is 0.224. The Morgan fingerprint density at radius 2 is 2.11 bits per heavy atom. The van der Waals surface area contributed by atoms with Gasteiger partial charge >= 0.3 is 0 Å². The number of ether oxygens (including phenoxy) is 1. The molecule has 4 rings (SSSR count). The fraction of sp³-hybridized carbons (Fsp3) is 0.500. The SMILES string of the molecule is CN1CC(C2OCCn3nc4ccccc4c32)C1. The molecule has 0 amide bonds. The van der Waals surface area contributed by atoms with E-state index in [9.17, 15) is 0 Å². The van der Waals surface area contributed by atoms with Crippen molar-refractivity contribution in [3.05, 3.63) is 30.0 Å². The molecular weight excluding hydrogens is 226 g/mol. The third kappa shape index (κ3) is 1.42. The van der Waals surface area contributed by atoms with Crippen LogP contribution < -0.4 is 0 Å². The maximum absolute atomic E-state index is 6.04. The first-order valence-corrected chi connectivity index (χ1v) is 6.58. The van der Waals surface area contributed by atoms with Crippen molar-refractivity contribution in [1.82, 2.24) is 14.7 Å². The van der Waals surface area contributed by atoms with Gasteiger partial charge in [-0.1, -0.05) is 18.2 Å². The van der Waals surface area contributed by atoms with E-state index in [1.54, 1.807) is 0 Å². The van der Waals surface area contributed by atoms with Crippen molar-refractivity contribution in [2.45, 2.75) is 12.6 Å². The predicted octanol–water partition coefficient (Wildman–Crippen LogP) is 1.67. The van der Waals surface area contributed by atoms with E-state index in [4.69, 9.17) is 4.74 Å². The van der Waals surface area contributed by atoms with Crippen molar-refractivity contribution in [3.8, 4) is 0 Å². The molecule has 18 heavy (non-hydrogen) atoms. The minimum absolute atomic E-state index is 0.224. The molecule has 1 saturated heterocycles. The van der Waals surface area contributed by atoms with Crippen molar-refractivity contribution in [1.29, 1.82) is 0 Å². The van der Waals surface area contributed by atoms with E-state index in [-0.39, 0.29) is 6.10 Å². The van der Waals surface area contributed by atoms with Crippen LogP contribution in [0.15, 0.2) is 24.3 Å². The molecule has 2 aromatic rings. The van der Waals surface area contributed by atoms with Crippen LogP contribution in [-0.4, -0.2) is 41.4 Å². The smallest absolute Gasteiger partial charge is 0.105 e. The lowest BCUT2D eigenvalue weighted by molar-refractivity contribution is -0.0649. The molecule has 1 unspecified atom stereocenters. The van der Waals surface area contributed by atoms with E-state index < -0.39 is 0 Å². The second-order valence-electron chi connectivity index (χ2n) is 5.40. The second-order valence-corrected chi connectivity index (χ2v) is 5.40. The van der Waals surface area contributed by atoms with Gasteiger partial charge in [-0.25, -0.2) is 0 Å². The Bertz CT molecular complexity index is 586. The van der Waals surface area contributed by atoms with E-state index in [1.165, 1.54) is 11.1 Å². The van der Waals surface area contributed by atoms with Crippen molar-refractivity contribution >= 4 is 10.9 Å². The Morgan fingerprint density at radius 1 is 1.28 bits per heavy atom. The van der Waals surface area contributed by atoms with E-state index in [0.29, 0.717) is 5.92 Å². The average molecular weight is 243 g/mol. The molecule has 0 N–H and O–H groups in total. The van der Waals surface area contributed by atoms with Crippen molar-refractivity contribution < 1.29 is 4.74 Å². The third-order valence-corrected chi connectivity index (χ3v) is 4.08. The number of hydrogen-bond acceptors (Lipinski definition) is 3. The Balaban J connectivity index is 1.82. The van der Waals surface area contributed by atoms with Gasteiger partial charge in [-0.3, -0.25) is 4.68 Å². The van der Waals surface area contributed by atoms with Gasteiger partial charge in [0.15, 0.2) is 0 Å². The van der Waals surface area contributed by atoms with Gasteiger partial charge in [-0.2, -0.15) is 5.10 Å². The zero-order chi connectivity index (χ0) is 12.1. The standard InChI is InChI=1S/C14H17N3O/c1-16-8-10(9-16)14-13-11-4-2-3-5-12(11)15-17(13)6-7-18-14/h2-5,10,14H,6-9H2,1H3. The molecule has 0 aliphatic carbocycles. The Hall–Kier alpha value is -1.39. The fourth-order valence-corrected chi connectivity index (χ4v) is 3.21. The summed E-state index contributed by atoms with van der Waals surface area (Å²) in [4.78, 5) is 2.34. The largest absolute Gasteiger partial charge is 0.370 e. The zero-order valence-corrected chi connectivity index (χ0v) is 10.5. The molecule has 2 aliphatic heterocycles. The first-order chi connectivity index (χ1) is 8.83. The summed E-state index contributed by atoms with van der Waals surface area (Å²) >= 11 is 0. The maximum atomic E-state index is 6.04. The number of likely N-dealkylation sites (tertiary alicyclic amines) is 1. The molecule has 4 heteroatoms. The second kappa shape index (κ2) is 3.80. The van der Waals surface area contributed by atoms with Gasteiger partial charge in [0, 0.05) is 24.4 Å².